The Kier molecular flexibility index (Phi) is 6.64. The number of hydrogen-bond donors (Lipinski definition) is 2. The molecular formula is C27H32N2O5. The van der Waals surface area contributed by atoms with Crippen LogP contribution in [0.3, 0.4) is 0 Å². The van der Waals surface area contributed by atoms with Crippen molar-refractivity contribution in [3.05, 3.63) is 59.7 Å². The Hall–Kier alpha value is -3.35. The lowest BCUT2D eigenvalue weighted by molar-refractivity contribution is -0.138. The minimum absolute atomic E-state index is 0.0276. The molecule has 34 heavy (non-hydrogen) atoms. The molecule has 0 spiro atoms. The lowest BCUT2D eigenvalue weighted by Gasteiger charge is -2.28. The molecule has 1 saturated heterocycles. The van der Waals surface area contributed by atoms with Gasteiger partial charge in [0, 0.05) is 31.0 Å². The maximum absolute atomic E-state index is 12.8. The van der Waals surface area contributed by atoms with Gasteiger partial charge in [-0.3, -0.25) is 9.59 Å². The van der Waals surface area contributed by atoms with Crippen LogP contribution in [0.15, 0.2) is 48.5 Å². The number of benzene rings is 2. The molecule has 2 aromatic rings. The van der Waals surface area contributed by atoms with Crippen LogP contribution in [0.4, 0.5) is 4.79 Å². The van der Waals surface area contributed by atoms with E-state index in [0.717, 1.165) is 11.1 Å². The summed E-state index contributed by atoms with van der Waals surface area (Å²) in [6, 6.07) is 16.3. The number of alkyl carbamates (subject to hydrolysis) is 1. The van der Waals surface area contributed by atoms with Crippen LogP contribution in [-0.4, -0.2) is 53.2 Å². The zero-order valence-electron chi connectivity index (χ0n) is 19.9. The number of amides is 2. The summed E-state index contributed by atoms with van der Waals surface area (Å²) in [5, 5.41) is 11.9. The summed E-state index contributed by atoms with van der Waals surface area (Å²) in [7, 11) is 0. The smallest absolute Gasteiger partial charge is 0.407 e. The highest BCUT2D eigenvalue weighted by atomic mass is 16.5. The van der Waals surface area contributed by atoms with Gasteiger partial charge in [0.1, 0.15) is 6.61 Å². The van der Waals surface area contributed by atoms with Crippen molar-refractivity contribution in [2.75, 3.05) is 19.7 Å². The Morgan fingerprint density at radius 3 is 2.21 bits per heavy atom. The zero-order chi connectivity index (χ0) is 24.5. The van der Waals surface area contributed by atoms with Gasteiger partial charge in [-0.25, -0.2) is 4.79 Å². The van der Waals surface area contributed by atoms with Crippen molar-refractivity contribution in [1.82, 2.24) is 10.2 Å². The number of ether oxygens (including phenoxy) is 1. The van der Waals surface area contributed by atoms with E-state index >= 15 is 0 Å². The van der Waals surface area contributed by atoms with Crippen molar-refractivity contribution in [3.8, 4) is 11.1 Å². The number of rotatable bonds is 7. The number of hydrogen-bond acceptors (Lipinski definition) is 4. The quantitative estimate of drug-likeness (QED) is 0.638. The number of nitrogens with one attached hydrogen (secondary N) is 1. The van der Waals surface area contributed by atoms with Gasteiger partial charge in [-0.2, -0.15) is 0 Å². The van der Waals surface area contributed by atoms with E-state index in [4.69, 9.17) is 9.84 Å². The van der Waals surface area contributed by atoms with Crippen molar-refractivity contribution < 1.29 is 24.2 Å². The van der Waals surface area contributed by atoms with E-state index in [0.29, 0.717) is 13.1 Å². The highest BCUT2D eigenvalue weighted by Crippen LogP contribution is 2.44. The third-order valence-corrected chi connectivity index (χ3v) is 6.93. The highest BCUT2D eigenvalue weighted by Gasteiger charge is 2.36. The maximum atomic E-state index is 12.8. The average Bonchev–Trinajstić information content (AvgIpc) is 3.29. The molecule has 7 heteroatoms. The van der Waals surface area contributed by atoms with E-state index in [1.807, 2.05) is 31.2 Å². The minimum Gasteiger partial charge on any atom is -0.481 e. The molecule has 0 radical (unpaired) electrons. The van der Waals surface area contributed by atoms with Gasteiger partial charge in [0.05, 0.1) is 6.42 Å². The number of nitrogens with zero attached hydrogens (tertiary/aromatic N) is 1. The Morgan fingerprint density at radius 2 is 1.62 bits per heavy atom. The summed E-state index contributed by atoms with van der Waals surface area (Å²) in [5.41, 5.74) is 3.82. The number of carboxylic acids is 1. The van der Waals surface area contributed by atoms with Crippen LogP contribution < -0.4 is 5.32 Å². The van der Waals surface area contributed by atoms with E-state index in [1.54, 1.807) is 18.7 Å². The number of fused-ring (bicyclic) bond motifs is 3. The number of carboxylic acid groups (broad SMARTS) is 1. The second-order valence-corrected chi connectivity index (χ2v) is 10.1. The first kappa shape index (κ1) is 23.8. The van der Waals surface area contributed by atoms with E-state index in [2.05, 4.69) is 29.6 Å². The molecule has 1 fully saturated rings. The standard InChI is InChI=1S/C27H32N2O5/c1-17-14-29(15-18(17)12-25(31)32)24(30)13-27(2,3)28-26(33)34-16-23-21-10-6-4-8-19(21)20-9-5-7-11-22(20)23/h4-11,17-18,23H,12-16H2,1-3H3,(H,28,33)(H,31,32)/t17-,18-/m1/s1. The SMILES string of the molecule is C[C@@H]1CN(C(=O)CC(C)(C)NC(=O)OCC2c3ccccc3-c3ccccc32)C[C@H]1CC(=O)O. The lowest BCUT2D eigenvalue weighted by atomic mass is 9.95. The van der Waals surface area contributed by atoms with Gasteiger partial charge >= 0.3 is 12.1 Å². The maximum Gasteiger partial charge on any atom is 0.407 e. The van der Waals surface area contributed by atoms with Gasteiger partial charge in [0.15, 0.2) is 0 Å². The van der Waals surface area contributed by atoms with Crippen molar-refractivity contribution in [1.29, 1.82) is 0 Å². The fraction of sp³-hybridized carbons (Fsp3) is 0.444. The van der Waals surface area contributed by atoms with Crippen LogP contribution in [0.25, 0.3) is 11.1 Å². The topological polar surface area (TPSA) is 95.9 Å². The van der Waals surface area contributed by atoms with Crippen molar-refractivity contribution in [3.63, 3.8) is 0 Å². The predicted molar refractivity (Wildman–Crippen MR) is 128 cm³/mol. The summed E-state index contributed by atoms with van der Waals surface area (Å²) in [6.07, 6.45) is -0.381. The van der Waals surface area contributed by atoms with Gasteiger partial charge in [0.25, 0.3) is 0 Å². The third kappa shape index (κ3) is 5.08. The number of carbonyl (C=O) groups excluding carboxylic acids is 2. The van der Waals surface area contributed by atoms with Crippen molar-refractivity contribution in [2.45, 2.75) is 45.1 Å². The van der Waals surface area contributed by atoms with Crippen LogP contribution in [0.2, 0.25) is 0 Å². The molecule has 2 amide bonds. The molecule has 0 bridgehead atoms. The summed E-state index contributed by atoms with van der Waals surface area (Å²) < 4.78 is 5.62. The number of carbonyl (C=O) groups is 3. The third-order valence-electron chi connectivity index (χ3n) is 6.93. The van der Waals surface area contributed by atoms with Crippen LogP contribution in [0.1, 0.15) is 50.7 Å². The molecule has 2 aliphatic rings. The zero-order valence-corrected chi connectivity index (χ0v) is 19.9. The summed E-state index contributed by atoms with van der Waals surface area (Å²) in [4.78, 5) is 38.3. The fourth-order valence-corrected chi connectivity index (χ4v) is 5.17. The number of aliphatic carboxylic acids is 1. The van der Waals surface area contributed by atoms with Crippen LogP contribution in [0.5, 0.6) is 0 Å². The Labute approximate surface area is 200 Å². The molecule has 7 nitrogen and oxygen atoms in total. The summed E-state index contributed by atoms with van der Waals surface area (Å²) >= 11 is 0. The molecule has 1 aliphatic carbocycles. The van der Waals surface area contributed by atoms with E-state index in [9.17, 15) is 14.4 Å². The summed E-state index contributed by atoms with van der Waals surface area (Å²) in [6.45, 7) is 6.75. The molecule has 0 unspecified atom stereocenters. The van der Waals surface area contributed by atoms with Gasteiger partial charge in [0.2, 0.25) is 5.91 Å². The van der Waals surface area contributed by atoms with E-state index < -0.39 is 17.6 Å². The molecule has 0 aromatic heterocycles. The van der Waals surface area contributed by atoms with Gasteiger partial charge in [-0.05, 0) is 47.9 Å². The molecule has 2 atom stereocenters. The second-order valence-electron chi connectivity index (χ2n) is 10.1. The van der Waals surface area contributed by atoms with Crippen molar-refractivity contribution >= 4 is 18.0 Å². The molecular weight excluding hydrogens is 432 g/mol. The van der Waals surface area contributed by atoms with Gasteiger partial charge in [-0.15, -0.1) is 0 Å². The minimum atomic E-state index is -0.844. The normalized spacial score (nSPS) is 19.4. The molecule has 2 N–H and O–H groups in total. The second kappa shape index (κ2) is 9.49. The van der Waals surface area contributed by atoms with Gasteiger partial charge < -0.3 is 20.1 Å². The lowest BCUT2D eigenvalue weighted by Crippen LogP contribution is -2.47. The Bertz CT molecular complexity index is 1050. The molecule has 1 heterocycles. The van der Waals surface area contributed by atoms with E-state index in [-0.39, 0.29) is 43.1 Å². The average molecular weight is 465 g/mol. The monoisotopic (exact) mass is 464 g/mol. The van der Waals surface area contributed by atoms with Crippen LogP contribution >= 0.6 is 0 Å². The summed E-state index contributed by atoms with van der Waals surface area (Å²) in [5.74, 6) is -0.870. The first-order valence-corrected chi connectivity index (χ1v) is 11.8. The van der Waals surface area contributed by atoms with E-state index in [1.165, 1.54) is 11.1 Å². The molecule has 1 aliphatic heterocycles. The van der Waals surface area contributed by atoms with Crippen molar-refractivity contribution in [2.24, 2.45) is 11.8 Å². The Balaban J connectivity index is 1.32. The molecule has 0 saturated carbocycles. The first-order valence-electron chi connectivity index (χ1n) is 11.8. The van der Waals surface area contributed by atoms with Crippen LogP contribution in [-0.2, 0) is 14.3 Å². The highest BCUT2D eigenvalue weighted by molar-refractivity contribution is 5.80. The fourth-order valence-electron chi connectivity index (χ4n) is 5.17. The Morgan fingerprint density at radius 1 is 1.03 bits per heavy atom. The predicted octanol–water partition coefficient (Wildman–Crippen LogP) is 4.26. The molecule has 2 aromatic carbocycles. The van der Waals surface area contributed by atoms with Crippen LogP contribution in [0, 0.1) is 11.8 Å². The largest absolute Gasteiger partial charge is 0.481 e. The number of likely N-dealkylation sites (tertiary alicyclic amines) is 1. The van der Waals surface area contributed by atoms with Gasteiger partial charge in [-0.1, -0.05) is 55.5 Å². The molecule has 180 valence electrons. The first-order chi connectivity index (χ1) is 16.1. The molecule has 4 rings (SSSR count).